The van der Waals surface area contributed by atoms with E-state index in [1.54, 1.807) is 18.3 Å². The van der Waals surface area contributed by atoms with E-state index in [9.17, 15) is 4.79 Å². The number of halogens is 2. The number of aromatic nitrogens is 1. The topological polar surface area (TPSA) is 30.0 Å². The molecule has 1 heterocycles. The zero-order chi connectivity index (χ0) is 8.72. The van der Waals surface area contributed by atoms with Gasteiger partial charge in [-0.3, -0.25) is 9.78 Å². The third kappa shape index (κ3) is 0.983. The van der Waals surface area contributed by atoms with Gasteiger partial charge < -0.3 is 0 Å². The van der Waals surface area contributed by atoms with Gasteiger partial charge in [-0.2, -0.15) is 0 Å². The van der Waals surface area contributed by atoms with Crippen LogP contribution < -0.4 is 0 Å². The SMILES string of the molecule is O=C1C(Br)=C(Br)c2ncccc21. The Labute approximate surface area is 85.9 Å². The molecule has 0 aromatic carbocycles. The fraction of sp³-hybridized carbons (Fsp3) is 0. The quantitative estimate of drug-likeness (QED) is 0.735. The molecule has 0 radical (unpaired) electrons. The van der Waals surface area contributed by atoms with Gasteiger partial charge in [0.05, 0.1) is 20.2 Å². The summed E-state index contributed by atoms with van der Waals surface area (Å²) in [7, 11) is 0. The third-order valence-electron chi connectivity index (χ3n) is 1.65. The average Bonchev–Trinajstić information content (AvgIpc) is 2.33. The van der Waals surface area contributed by atoms with Crippen molar-refractivity contribution in [1.82, 2.24) is 4.98 Å². The zero-order valence-electron chi connectivity index (χ0n) is 5.84. The minimum atomic E-state index is -0.00928. The highest BCUT2D eigenvalue weighted by Crippen LogP contribution is 2.37. The Bertz CT molecular complexity index is 398. The largest absolute Gasteiger partial charge is 0.288 e. The molecular formula is C8H3Br2NO. The fourth-order valence-electron chi connectivity index (χ4n) is 1.09. The Kier molecular flexibility index (Phi) is 1.88. The molecule has 1 aromatic heterocycles. The summed E-state index contributed by atoms with van der Waals surface area (Å²) < 4.78 is 1.29. The zero-order valence-corrected chi connectivity index (χ0v) is 9.02. The van der Waals surface area contributed by atoms with E-state index in [2.05, 4.69) is 36.8 Å². The second kappa shape index (κ2) is 2.78. The van der Waals surface area contributed by atoms with Crippen molar-refractivity contribution in [2.75, 3.05) is 0 Å². The molecule has 0 spiro atoms. The predicted octanol–water partition coefficient (Wildman–Crippen LogP) is 2.74. The molecule has 0 amide bonds. The van der Waals surface area contributed by atoms with Crippen LogP contribution in [0.3, 0.4) is 0 Å². The molecule has 1 aliphatic rings. The summed E-state index contributed by atoms with van der Waals surface area (Å²) in [4.78, 5) is 15.5. The smallest absolute Gasteiger partial charge is 0.203 e. The highest BCUT2D eigenvalue weighted by atomic mass is 79.9. The first-order valence-electron chi connectivity index (χ1n) is 3.27. The lowest BCUT2D eigenvalue weighted by Gasteiger charge is -1.93. The summed E-state index contributed by atoms with van der Waals surface area (Å²) >= 11 is 6.49. The summed E-state index contributed by atoms with van der Waals surface area (Å²) in [5.74, 6) is -0.00928. The average molecular weight is 289 g/mol. The molecule has 0 saturated heterocycles. The fourth-order valence-corrected chi connectivity index (χ4v) is 1.98. The van der Waals surface area contributed by atoms with Crippen LogP contribution in [-0.4, -0.2) is 10.8 Å². The van der Waals surface area contributed by atoms with E-state index < -0.39 is 0 Å². The summed E-state index contributed by atoms with van der Waals surface area (Å²) in [6, 6.07) is 3.52. The summed E-state index contributed by atoms with van der Waals surface area (Å²) in [5, 5.41) is 0. The molecular weight excluding hydrogens is 286 g/mol. The standard InChI is InChI=1S/C8H3Br2NO/c9-5-6(10)8(12)4-2-1-3-11-7(4)5/h1-3H. The molecule has 0 saturated carbocycles. The van der Waals surface area contributed by atoms with E-state index in [0.29, 0.717) is 10.0 Å². The number of Topliss-reactive ketones (excluding diaryl/α,β-unsaturated/α-hetero) is 1. The molecule has 2 rings (SSSR count). The van der Waals surface area contributed by atoms with Gasteiger partial charge in [-0.15, -0.1) is 0 Å². The second-order valence-corrected chi connectivity index (χ2v) is 3.94. The molecule has 4 heteroatoms. The molecule has 12 heavy (non-hydrogen) atoms. The van der Waals surface area contributed by atoms with Crippen molar-refractivity contribution in [2.45, 2.75) is 0 Å². The van der Waals surface area contributed by atoms with Gasteiger partial charge in [0.1, 0.15) is 0 Å². The van der Waals surface area contributed by atoms with E-state index >= 15 is 0 Å². The summed E-state index contributed by atoms with van der Waals surface area (Å²) in [6.07, 6.45) is 1.67. The first-order valence-corrected chi connectivity index (χ1v) is 4.86. The van der Waals surface area contributed by atoms with Gasteiger partial charge in [0.25, 0.3) is 0 Å². The third-order valence-corrected chi connectivity index (χ3v) is 3.71. The van der Waals surface area contributed by atoms with Gasteiger partial charge in [-0.05, 0) is 44.0 Å². The van der Waals surface area contributed by atoms with Crippen molar-refractivity contribution < 1.29 is 4.79 Å². The molecule has 2 nitrogen and oxygen atoms in total. The van der Waals surface area contributed by atoms with Crippen LogP contribution in [0.4, 0.5) is 0 Å². The van der Waals surface area contributed by atoms with Crippen molar-refractivity contribution in [3.63, 3.8) is 0 Å². The van der Waals surface area contributed by atoms with Crippen LogP contribution in [0.25, 0.3) is 4.48 Å². The second-order valence-electron chi connectivity index (χ2n) is 2.36. The normalized spacial score (nSPS) is 15.3. The maximum atomic E-state index is 11.4. The minimum Gasteiger partial charge on any atom is -0.288 e. The van der Waals surface area contributed by atoms with Gasteiger partial charge >= 0.3 is 0 Å². The highest BCUT2D eigenvalue weighted by molar-refractivity contribution is 9.16. The predicted molar refractivity (Wildman–Crippen MR) is 53.3 cm³/mol. The molecule has 0 aliphatic heterocycles. The monoisotopic (exact) mass is 287 g/mol. The minimum absolute atomic E-state index is 0.00928. The van der Waals surface area contributed by atoms with Gasteiger partial charge in [-0.1, -0.05) is 0 Å². The summed E-state index contributed by atoms with van der Waals surface area (Å²) in [5.41, 5.74) is 1.37. The van der Waals surface area contributed by atoms with E-state index in [0.717, 1.165) is 10.2 Å². The Morgan fingerprint density at radius 3 is 2.67 bits per heavy atom. The number of hydrogen-bond donors (Lipinski definition) is 0. The first kappa shape index (κ1) is 8.13. The number of hydrogen-bond acceptors (Lipinski definition) is 2. The number of allylic oxidation sites excluding steroid dienone is 1. The molecule has 0 fully saturated rings. The molecule has 1 aromatic rings. The molecule has 0 atom stereocenters. The van der Waals surface area contributed by atoms with Crippen molar-refractivity contribution in [1.29, 1.82) is 0 Å². The number of rotatable bonds is 0. The van der Waals surface area contributed by atoms with E-state index in [4.69, 9.17) is 0 Å². The van der Waals surface area contributed by atoms with Crippen LogP contribution in [-0.2, 0) is 0 Å². The molecule has 0 bridgehead atoms. The van der Waals surface area contributed by atoms with Crippen LogP contribution in [0.5, 0.6) is 0 Å². The number of pyridine rings is 1. The number of carbonyl (C=O) groups is 1. The Balaban J connectivity index is 2.73. The van der Waals surface area contributed by atoms with Gasteiger partial charge in [0.2, 0.25) is 5.78 Å². The molecule has 60 valence electrons. The number of ketones is 1. The van der Waals surface area contributed by atoms with Crippen molar-refractivity contribution >= 4 is 42.1 Å². The highest BCUT2D eigenvalue weighted by Gasteiger charge is 2.27. The van der Waals surface area contributed by atoms with Crippen LogP contribution in [0.2, 0.25) is 0 Å². The van der Waals surface area contributed by atoms with Gasteiger partial charge in [-0.25, -0.2) is 0 Å². The molecule has 0 N–H and O–H groups in total. The van der Waals surface area contributed by atoms with Crippen LogP contribution >= 0.6 is 31.9 Å². The van der Waals surface area contributed by atoms with Crippen molar-refractivity contribution in [3.05, 3.63) is 34.1 Å². The summed E-state index contributed by atoms with van der Waals surface area (Å²) in [6.45, 7) is 0. The van der Waals surface area contributed by atoms with Crippen LogP contribution in [0.1, 0.15) is 16.1 Å². The maximum absolute atomic E-state index is 11.4. The van der Waals surface area contributed by atoms with Crippen molar-refractivity contribution in [2.24, 2.45) is 0 Å². The lowest BCUT2D eigenvalue weighted by Crippen LogP contribution is -1.94. The Morgan fingerprint density at radius 1 is 1.25 bits per heavy atom. The van der Waals surface area contributed by atoms with Gasteiger partial charge in [0, 0.05) is 6.20 Å². The first-order chi connectivity index (χ1) is 5.72. The molecule has 0 unspecified atom stereocenters. The van der Waals surface area contributed by atoms with E-state index in [-0.39, 0.29) is 5.78 Å². The molecule has 1 aliphatic carbocycles. The Morgan fingerprint density at radius 2 is 2.00 bits per heavy atom. The maximum Gasteiger partial charge on any atom is 0.203 e. The van der Waals surface area contributed by atoms with E-state index in [1.165, 1.54) is 0 Å². The lowest BCUT2D eigenvalue weighted by molar-refractivity contribution is 0.104. The van der Waals surface area contributed by atoms with Crippen LogP contribution in [0.15, 0.2) is 22.8 Å². The lowest BCUT2D eigenvalue weighted by atomic mass is 10.2. The number of nitrogens with zero attached hydrogens (tertiary/aromatic N) is 1. The number of fused-ring (bicyclic) bond motifs is 1. The van der Waals surface area contributed by atoms with E-state index in [1.807, 2.05) is 0 Å². The van der Waals surface area contributed by atoms with Gasteiger partial charge in [0.15, 0.2) is 0 Å². The van der Waals surface area contributed by atoms with Crippen molar-refractivity contribution in [3.8, 4) is 0 Å². The Hall–Kier alpha value is -0.480. The van der Waals surface area contributed by atoms with Crippen LogP contribution in [0, 0.1) is 0 Å². The number of carbonyl (C=O) groups excluding carboxylic acids is 1.